The maximum Gasteiger partial charge on any atom is 0.260 e. The van der Waals surface area contributed by atoms with Gasteiger partial charge in [0.25, 0.3) is 5.91 Å². The molecular formula is C17H20BrClN2O4S. The van der Waals surface area contributed by atoms with Crippen molar-refractivity contribution in [2.75, 3.05) is 18.4 Å². The van der Waals surface area contributed by atoms with Crippen LogP contribution in [0.5, 0.6) is 0 Å². The predicted octanol–water partition coefficient (Wildman–Crippen LogP) is 4.60. The average molecular weight is 464 g/mol. The molecule has 0 unspecified atom stereocenters. The maximum atomic E-state index is 12.7. The Labute approximate surface area is 166 Å². The highest BCUT2D eigenvalue weighted by Gasteiger charge is 2.24. The Hall–Kier alpha value is -1.35. The van der Waals surface area contributed by atoms with Crippen LogP contribution in [0.2, 0.25) is 5.02 Å². The molecule has 1 aromatic carbocycles. The Morgan fingerprint density at radius 1 is 1.23 bits per heavy atom. The number of nitrogens with one attached hydrogen (secondary N) is 1. The summed E-state index contributed by atoms with van der Waals surface area (Å²) in [6, 6.07) is 4.24. The third-order valence-electron chi connectivity index (χ3n) is 3.94. The summed E-state index contributed by atoms with van der Waals surface area (Å²) in [7, 11) is -3.66. The van der Waals surface area contributed by atoms with Crippen molar-refractivity contribution in [3.05, 3.63) is 44.8 Å². The van der Waals surface area contributed by atoms with Crippen LogP contribution in [0.3, 0.4) is 0 Å². The summed E-state index contributed by atoms with van der Waals surface area (Å²) in [4.78, 5) is 12.7. The number of carbonyl (C=O) groups is 1. The molecule has 0 aliphatic heterocycles. The van der Waals surface area contributed by atoms with Crippen molar-refractivity contribution in [2.45, 2.75) is 32.6 Å². The van der Waals surface area contributed by atoms with Gasteiger partial charge >= 0.3 is 0 Å². The third kappa shape index (κ3) is 3.98. The van der Waals surface area contributed by atoms with Crippen LogP contribution in [0.4, 0.5) is 5.69 Å². The van der Waals surface area contributed by atoms with Crippen molar-refractivity contribution < 1.29 is 17.6 Å². The van der Waals surface area contributed by atoms with E-state index in [9.17, 15) is 13.2 Å². The van der Waals surface area contributed by atoms with Crippen molar-refractivity contribution in [1.82, 2.24) is 4.31 Å². The first-order valence-electron chi connectivity index (χ1n) is 8.00. The first kappa shape index (κ1) is 21.0. The Morgan fingerprint density at radius 2 is 1.85 bits per heavy atom. The van der Waals surface area contributed by atoms with Crippen LogP contribution in [-0.4, -0.2) is 31.7 Å². The van der Waals surface area contributed by atoms with Gasteiger partial charge in [-0.1, -0.05) is 25.4 Å². The van der Waals surface area contributed by atoms with E-state index in [1.54, 1.807) is 27.7 Å². The molecule has 0 aliphatic carbocycles. The number of anilines is 1. The zero-order chi connectivity index (χ0) is 19.6. The smallest absolute Gasteiger partial charge is 0.260 e. The number of amides is 1. The van der Waals surface area contributed by atoms with Crippen LogP contribution in [0, 0.1) is 13.8 Å². The molecule has 0 radical (unpaired) electrons. The lowest BCUT2D eigenvalue weighted by Gasteiger charge is -2.19. The normalized spacial score (nSPS) is 11.8. The molecule has 2 aromatic rings. The highest BCUT2D eigenvalue weighted by molar-refractivity contribution is 9.10. The van der Waals surface area contributed by atoms with Gasteiger partial charge in [0.05, 0.1) is 25.6 Å². The molecule has 0 bridgehead atoms. The number of aryl methyl sites for hydroxylation is 2. The van der Waals surface area contributed by atoms with Crippen LogP contribution in [0.25, 0.3) is 0 Å². The lowest BCUT2D eigenvalue weighted by molar-refractivity contribution is 0.102. The number of benzene rings is 1. The molecule has 0 saturated heterocycles. The molecule has 0 saturated carbocycles. The van der Waals surface area contributed by atoms with Crippen molar-refractivity contribution in [2.24, 2.45) is 0 Å². The van der Waals surface area contributed by atoms with Crippen LogP contribution in [0.15, 0.2) is 32.0 Å². The molecule has 0 atom stereocenters. The molecule has 0 aliphatic rings. The number of carbonyl (C=O) groups excluding carboxylic acids is 1. The van der Waals surface area contributed by atoms with Gasteiger partial charge in [-0.15, -0.1) is 0 Å². The van der Waals surface area contributed by atoms with Crippen LogP contribution >= 0.6 is 27.5 Å². The molecule has 9 heteroatoms. The van der Waals surface area contributed by atoms with Gasteiger partial charge < -0.3 is 9.73 Å². The Balaban J connectivity index is 2.41. The zero-order valence-electron chi connectivity index (χ0n) is 14.9. The van der Waals surface area contributed by atoms with Crippen molar-refractivity contribution in [1.29, 1.82) is 0 Å². The van der Waals surface area contributed by atoms with Crippen LogP contribution < -0.4 is 5.32 Å². The molecule has 6 nitrogen and oxygen atoms in total. The van der Waals surface area contributed by atoms with Gasteiger partial charge in [-0.3, -0.25) is 4.79 Å². The molecule has 142 valence electrons. The zero-order valence-corrected chi connectivity index (χ0v) is 18.0. The van der Waals surface area contributed by atoms with E-state index in [0.29, 0.717) is 34.6 Å². The van der Waals surface area contributed by atoms with E-state index in [-0.39, 0.29) is 15.6 Å². The Kier molecular flexibility index (Phi) is 6.55. The maximum absolute atomic E-state index is 12.7. The minimum atomic E-state index is -3.66. The van der Waals surface area contributed by atoms with E-state index in [1.165, 1.54) is 22.5 Å². The predicted molar refractivity (Wildman–Crippen MR) is 105 cm³/mol. The fourth-order valence-electron chi connectivity index (χ4n) is 2.57. The summed E-state index contributed by atoms with van der Waals surface area (Å²) in [6.07, 6.45) is 0. The van der Waals surface area contributed by atoms with Crippen molar-refractivity contribution >= 4 is 49.1 Å². The van der Waals surface area contributed by atoms with Gasteiger partial charge in [0, 0.05) is 13.1 Å². The Morgan fingerprint density at radius 3 is 2.35 bits per heavy atom. The molecular weight excluding hydrogens is 444 g/mol. The SMILES string of the molecule is CCN(CC)S(=O)(=O)c1ccc(Cl)c(NC(=O)c2c(C)oc(C)c2Br)c1. The molecule has 0 spiro atoms. The number of halogens is 2. The van der Waals surface area contributed by atoms with E-state index in [2.05, 4.69) is 21.2 Å². The van der Waals surface area contributed by atoms with Gasteiger partial charge in [0.1, 0.15) is 11.5 Å². The highest BCUT2D eigenvalue weighted by atomic mass is 79.9. The molecule has 1 heterocycles. The van der Waals surface area contributed by atoms with Gasteiger partial charge in [0.15, 0.2) is 0 Å². The Bertz CT molecular complexity index is 936. The van der Waals surface area contributed by atoms with Gasteiger partial charge in [0.2, 0.25) is 10.0 Å². The van der Waals surface area contributed by atoms with Gasteiger partial charge in [-0.05, 0) is 48.0 Å². The standard InChI is InChI=1S/C17H20BrClN2O4S/c1-5-21(6-2)26(23,24)12-7-8-13(19)14(9-12)20-17(22)15-10(3)25-11(4)16(15)18/h7-9H,5-6H2,1-4H3,(H,20,22). The minimum Gasteiger partial charge on any atom is -0.465 e. The molecule has 1 aromatic heterocycles. The summed E-state index contributed by atoms with van der Waals surface area (Å²) < 4.78 is 32.7. The summed E-state index contributed by atoms with van der Waals surface area (Å²) in [5, 5.41) is 2.91. The van der Waals surface area contributed by atoms with E-state index in [1.807, 2.05) is 0 Å². The first-order chi connectivity index (χ1) is 12.1. The topological polar surface area (TPSA) is 79.6 Å². The highest BCUT2D eigenvalue weighted by Crippen LogP contribution is 2.31. The van der Waals surface area contributed by atoms with Crippen LogP contribution in [-0.2, 0) is 10.0 Å². The molecule has 1 N–H and O–H groups in total. The number of rotatable bonds is 6. The third-order valence-corrected chi connectivity index (χ3v) is 7.27. The largest absolute Gasteiger partial charge is 0.465 e. The fourth-order valence-corrected chi connectivity index (χ4v) is 4.76. The van der Waals surface area contributed by atoms with Crippen molar-refractivity contribution in [3.8, 4) is 0 Å². The van der Waals surface area contributed by atoms with Crippen molar-refractivity contribution in [3.63, 3.8) is 0 Å². The first-order valence-corrected chi connectivity index (χ1v) is 10.6. The fraction of sp³-hybridized carbons (Fsp3) is 0.353. The monoisotopic (exact) mass is 462 g/mol. The minimum absolute atomic E-state index is 0.0695. The molecule has 2 rings (SSSR count). The quantitative estimate of drug-likeness (QED) is 0.679. The average Bonchev–Trinajstić information content (AvgIpc) is 2.82. The summed E-state index contributed by atoms with van der Waals surface area (Å²) in [5.74, 6) is 0.594. The van der Waals surface area contributed by atoms with E-state index < -0.39 is 15.9 Å². The van der Waals surface area contributed by atoms with E-state index >= 15 is 0 Å². The van der Waals surface area contributed by atoms with Gasteiger partial charge in [-0.2, -0.15) is 4.31 Å². The lowest BCUT2D eigenvalue weighted by atomic mass is 10.2. The number of nitrogens with zero attached hydrogens (tertiary/aromatic N) is 1. The summed E-state index contributed by atoms with van der Waals surface area (Å²) >= 11 is 9.48. The molecule has 26 heavy (non-hydrogen) atoms. The number of furan rings is 1. The van der Waals surface area contributed by atoms with E-state index in [4.69, 9.17) is 16.0 Å². The number of hydrogen-bond donors (Lipinski definition) is 1. The second-order valence-electron chi connectivity index (χ2n) is 5.59. The molecule has 1 amide bonds. The molecule has 0 fully saturated rings. The number of hydrogen-bond acceptors (Lipinski definition) is 4. The summed E-state index contributed by atoms with van der Waals surface area (Å²) in [5.41, 5.74) is 0.561. The van der Waals surface area contributed by atoms with Crippen LogP contribution in [0.1, 0.15) is 35.7 Å². The summed E-state index contributed by atoms with van der Waals surface area (Å²) in [6.45, 7) is 7.64. The van der Waals surface area contributed by atoms with E-state index in [0.717, 1.165) is 0 Å². The second-order valence-corrected chi connectivity index (χ2v) is 8.73. The number of sulfonamides is 1. The second kappa shape index (κ2) is 8.12. The van der Waals surface area contributed by atoms with Gasteiger partial charge in [-0.25, -0.2) is 8.42 Å². The lowest BCUT2D eigenvalue weighted by Crippen LogP contribution is -2.30.